The number of thioether (sulfide) groups is 1. The number of carbonyl (C=O) groups is 1. The van der Waals surface area contributed by atoms with Gasteiger partial charge in [-0.2, -0.15) is 0 Å². The smallest absolute Gasteiger partial charge is 0.238 e. The summed E-state index contributed by atoms with van der Waals surface area (Å²) < 4.78 is 5.85. The molecule has 3 aromatic rings. The standard InChI is InChI=1S/C23H20ClNO2S/c1-15-3-12-21(16(2)13-15)23-25(22(26)14-28-23)18-6-10-20(11-7-18)27-19-8-4-17(24)5-9-19/h3-13,23H,14H2,1-2H3. The second kappa shape index (κ2) is 7.90. The fourth-order valence-corrected chi connectivity index (χ4v) is 4.75. The molecule has 0 radical (unpaired) electrons. The number of amides is 1. The highest BCUT2D eigenvalue weighted by Gasteiger charge is 2.34. The number of hydrogen-bond donors (Lipinski definition) is 0. The van der Waals surface area contributed by atoms with Gasteiger partial charge in [0.15, 0.2) is 0 Å². The average Bonchev–Trinajstić information content (AvgIpc) is 3.05. The van der Waals surface area contributed by atoms with E-state index < -0.39 is 0 Å². The Bertz CT molecular complexity index is 1000. The van der Waals surface area contributed by atoms with Crippen LogP contribution in [-0.2, 0) is 4.79 Å². The van der Waals surface area contributed by atoms with Crippen LogP contribution < -0.4 is 9.64 Å². The van der Waals surface area contributed by atoms with Gasteiger partial charge in [0.25, 0.3) is 0 Å². The van der Waals surface area contributed by atoms with Gasteiger partial charge in [0.05, 0.1) is 5.75 Å². The molecule has 5 heteroatoms. The summed E-state index contributed by atoms with van der Waals surface area (Å²) in [5.41, 5.74) is 4.50. The largest absolute Gasteiger partial charge is 0.457 e. The molecule has 1 unspecified atom stereocenters. The lowest BCUT2D eigenvalue weighted by molar-refractivity contribution is -0.115. The maximum absolute atomic E-state index is 12.6. The van der Waals surface area contributed by atoms with Crippen LogP contribution in [0.25, 0.3) is 0 Å². The van der Waals surface area contributed by atoms with Crippen molar-refractivity contribution in [2.75, 3.05) is 10.7 Å². The number of ether oxygens (including phenoxy) is 1. The first-order chi connectivity index (χ1) is 13.5. The van der Waals surface area contributed by atoms with Crippen molar-refractivity contribution in [2.45, 2.75) is 19.2 Å². The Hall–Kier alpha value is -2.43. The number of nitrogens with zero attached hydrogens (tertiary/aromatic N) is 1. The maximum atomic E-state index is 12.6. The van der Waals surface area contributed by atoms with Crippen LogP contribution in [0.4, 0.5) is 5.69 Å². The first kappa shape index (κ1) is 18.9. The van der Waals surface area contributed by atoms with Crippen molar-refractivity contribution in [2.24, 2.45) is 0 Å². The highest BCUT2D eigenvalue weighted by Crippen LogP contribution is 2.43. The van der Waals surface area contributed by atoms with Crippen molar-refractivity contribution in [1.29, 1.82) is 0 Å². The Morgan fingerprint density at radius 3 is 2.25 bits per heavy atom. The number of rotatable bonds is 4. The van der Waals surface area contributed by atoms with Crippen LogP contribution in [0.1, 0.15) is 22.1 Å². The molecular formula is C23H20ClNO2S. The molecule has 0 spiro atoms. The molecule has 0 aliphatic carbocycles. The van der Waals surface area contributed by atoms with Crippen LogP contribution in [0, 0.1) is 13.8 Å². The number of halogens is 1. The molecule has 0 bridgehead atoms. The molecule has 4 rings (SSSR count). The van der Waals surface area contributed by atoms with E-state index in [2.05, 4.69) is 32.0 Å². The van der Waals surface area contributed by atoms with Crippen molar-refractivity contribution >= 4 is 35.0 Å². The third-order valence-corrected chi connectivity index (χ3v) is 6.17. The highest BCUT2D eigenvalue weighted by molar-refractivity contribution is 8.00. The molecule has 1 aliphatic rings. The van der Waals surface area contributed by atoms with E-state index >= 15 is 0 Å². The lowest BCUT2D eigenvalue weighted by Crippen LogP contribution is -2.28. The number of aryl methyl sites for hydroxylation is 2. The molecule has 3 nitrogen and oxygen atoms in total. The molecule has 1 aliphatic heterocycles. The predicted octanol–water partition coefficient (Wildman–Crippen LogP) is 6.53. The Balaban J connectivity index is 1.58. The van der Waals surface area contributed by atoms with Crippen molar-refractivity contribution in [1.82, 2.24) is 0 Å². The van der Waals surface area contributed by atoms with E-state index in [9.17, 15) is 4.79 Å². The predicted molar refractivity (Wildman–Crippen MR) is 117 cm³/mol. The Labute approximate surface area is 174 Å². The molecule has 1 fully saturated rings. The van der Waals surface area contributed by atoms with E-state index in [0.717, 1.165) is 11.4 Å². The fraction of sp³-hybridized carbons (Fsp3) is 0.174. The van der Waals surface area contributed by atoms with Crippen molar-refractivity contribution < 1.29 is 9.53 Å². The van der Waals surface area contributed by atoms with Crippen LogP contribution in [0.15, 0.2) is 66.7 Å². The van der Waals surface area contributed by atoms with E-state index in [1.165, 1.54) is 16.7 Å². The molecule has 28 heavy (non-hydrogen) atoms. The van der Waals surface area contributed by atoms with Crippen LogP contribution in [0.5, 0.6) is 11.5 Å². The van der Waals surface area contributed by atoms with Crippen molar-refractivity contribution in [3.63, 3.8) is 0 Å². The lowest BCUT2D eigenvalue weighted by atomic mass is 10.0. The lowest BCUT2D eigenvalue weighted by Gasteiger charge is -2.26. The van der Waals surface area contributed by atoms with Gasteiger partial charge in [-0.3, -0.25) is 9.69 Å². The van der Waals surface area contributed by atoms with Crippen LogP contribution in [0.3, 0.4) is 0 Å². The number of benzene rings is 3. The third kappa shape index (κ3) is 3.89. The normalized spacial score (nSPS) is 16.5. The summed E-state index contributed by atoms with van der Waals surface area (Å²) in [6.45, 7) is 4.19. The zero-order chi connectivity index (χ0) is 19.7. The van der Waals surface area contributed by atoms with Crippen LogP contribution in [0.2, 0.25) is 5.02 Å². The van der Waals surface area contributed by atoms with E-state index in [1.807, 2.05) is 41.3 Å². The monoisotopic (exact) mass is 409 g/mol. The summed E-state index contributed by atoms with van der Waals surface area (Å²) in [4.78, 5) is 14.5. The Kier molecular flexibility index (Phi) is 5.33. The summed E-state index contributed by atoms with van der Waals surface area (Å²) in [5.74, 6) is 2.05. The molecule has 142 valence electrons. The SMILES string of the molecule is Cc1ccc(C2SCC(=O)N2c2ccc(Oc3ccc(Cl)cc3)cc2)c(C)c1. The Morgan fingerprint density at radius 1 is 0.964 bits per heavy atom. The quantitative estimate of drug-likeness (QED) is 0.490. The summed E-state index contributed by atoms with van der Waals surface area (Å²) in [6, 6.07) is 21.3. The van der Waals surface area contributed by atoms with E-state index in [4.69, 9.17) is 16.3 Å². The van der Waals surface area contributed by atoms with Gasteiger partial charge in [-0.25, -0.2) is 0 Å². The van der Waals surface area contributed by atoms with Gasteiger partial charge in [0.2, 0.25) is 5.91 Å². The molecule has 0 saturated carbocycles. The van der Waals surface area contributed by atoms with Gasteiger partial charge >= 0.3 is 0 Å². The second-order valence-electron chi connectivity index (χ2n) is 6.84. The third-order valence-electron chi connectivity index (χ3n) is 4.72. The molecule has 1 heterocycles. The van der Waals surface area contributed by atoms with Gasteiger partial charge in [0, 0.05) is 10.7 Å². The van der Waals surface area contributed by atoms with Gasteiger partial charge in [0.1, 0.15) is 16.9 Å². The zero-order valence-electron chi connectivity index (χ0n) is 15.7. The summed E-state index contributed by atoms with van der Waals surface area (Å²) in [6.07, 6.45) is 0. The minimum absolute atomic E-state index is 0.00358. The van der Waals surface area contributed by atoms with Gasteiger partial charge in [-0.15, -0.1) is 11.8 Å². The Morgan fingerprint density at radius 2 is 1.61 bits per heavy atom. The molecule has 1 amide bonds. The van der Waals surface area contributed by atoms with Gasteiger partial charge in [-0.1, -0.05) is 35.4 Å². The molecule has 1 atom stereocenters. The van der Waals surface area contributed by atoms with E-state index in [1.54, 1.807) is 23.9 Å². The first-order valence-corrected chi connectivity index (χ1v) is 10.5. The van der Waals surface area contributed by atoms with Crippen molar-refractivity contribution in [3.8, 4) is 11.5 Å². The summed E-state index contributed by atoms with van der Waals surface area (Å²) in [5, 5.41) is 0.668. The molecule has 3 aromatic carbocycles. The first-order valence-electron chi connectivity index (χ1n) is 9.05. The van der Waals surface area contributed by atoms with E-state index in [0.29, 0.717) is 16.5 Å². The van der Waals surface area contributed by atoms with Crippen molar-refractivity contribution in [3.05, 3.63) is 88.4 Å². The number of carbonyl (C=O) groups excluding carboxylic acids is 1. The highest BCUT2D eigenvalue weighted by atomic mass is 35.5. The molecule has 0 N–H and O–H groups in total. The summed E-state index contributed by atoms with van der Waals surface area (Å²) >= 11 is 7.58. The molecule has 0 aromatic heterocycles. The molecule has 1 saturated heterocycles. The number of hydrogen-bond acceptors (Lipinski definition) is 3. The van der Waals surface area contributed by atoms with E-state index in [-0.39, 0.29) is 11.3 Å². The topological polar surface area (TPSA) is 29.5 Å². The minimum Gasteiger partial charge on any atom is -0.457 e. The fourth-order valence-electron chi connectivity index (χ4n) is 3.35. The van der Waals surface area contributed by atoms with Crippen LogP contribution >= 0.6 is 23.4 Å². The van der Waals surface area contributed by atoms with Crippen LogP contribution in [-0.4, -0.2) is 11.7 Å². The second-order valence-corrected chi connectivity index (χ2v) is 8.34. The molecular weight excluding hydrogens is 390 g/mol. The zero-order valence-corrected chi connectivity index (χ0v) is 17.3. The van der Waals surface area contributed by atoms with Gasteiger partial charge in [-0.05, 0) is 73.5 Å². The minimum atomic E-state index is -0.00358. The summed E-state index contributed by atoms with van der Waals surface area (Å²) in [7, 11) is 0. The van der Waals surface area contributed by atoms with Gasteiger partial charge < -0.3 is 4.74 Å². The number of anilines is 1. The average molecular weight is 410 g/mol. The maximum Gasteiger partial charge on any atom is 0.238 e.